The van der Waals surface area contributed by atoms with Gasteiger partial charge < -0.3 is 5.32 Å². The van der Waals surface area contributed by atoms with Crippen molar-refractivity contribution in [2.75, 3.05) is 19.6 Å². The molecule has 2 saturated carbocycles. The molecular formula is C14H23F3N2. The molecule has 3 aliphatic rings. The minimum Gasteiger partial charge on any atom is -0.308 e. The Balaban J connectivity index is 1.79. The van der Waals surface area contributed by atoms with E-state index in [0.29, 0.717) is 12.5 Å². The van der Waals surface area contributed by atoms with Gasteiger partial charge in [0.25, 0.3) is 0 Å². The topological polar surface area (TPSA) is 15.3 Å². The molecule has 1 atom stereocenters. The number of hydrogen-bond acceptors (Lipinski definition) is 2. The maximum absolute atomic E-state index is 12.9. The lowest BCUT2D eigenvalue weighted by molar-refractivity contribution is -0.168. The molecular weight excluding hydrogens is 253 g/mol. The van der Waals surface area contributed by atoms with E-state index >= 15 is 0 Å². The summed E-state index contributed by atoms with van der Waals surface area (Å²) >= 11 is 0. The summed E-state index contributed by atoms with van der Waals surface area (Å²) in [4.78, 5) is 1.76. The van der Waals surface area contributed by atoms with Crippen LogP contribution in [0, 0.1) is 5.92 Å². The van der Waals surface area contributed by atoms with Crippen molar-refractivity contribution in [3.8, 4) is 0 Å². The molecule has 1 N–H and O–H groups in total. The van der Waals surface area contributed by atoms with Crippen LogP contribution in [0.25, 0.3) is 0 Å². The van der Waals surface area contributed by atoms with Crippen molar-refractivity contribution in [2.24, 2.45) is 5.92 Å². The second kappa shape index (κ2) is 4.35. The summed E-state index contributed by atoms with van der Waals surface area (Å²) < 4.78 is 38.6. The molecule has 0 aromatic carbocycles. The molecule has 2 nitrogen and oxygen atoms in total. The van der Waals surface area contributed by atoms with Gasteiger partial charge in [0.05, 0.1) is 6.54 Å². The fourth-order valence-corrected chi connectivity index (χ4v) is 4.06. The summed E-state index contributed by atoms with van der Waals surface area (Å²) in [5.74, 6) is 0.571. The van der Waals surface area contributed by atoms with Crippen LogP contribution < -0.4 is 5.32 Å². The van der Waals surface area contributed by atoms with E-state index in [-0.39, 0.29) is 11.1 Å². The van der Waals surface area contributed by atoms with Gasteiger partial charge in [-0.15, -0.1) is 0 Å². The number of hydrogen-bond donors (Lipinski definition) is 1. The number of nitrogens with zero attached hydrogens (tertiary/aromatic N) is 1. The first-order valence-corrected chi connectivity index (χ1v) is 7.40. The van der Waals surface area contributed by atoms with Crippen LogP contribution in [0.15, 0.2) is 0 Å². The van der Waals surface area contributed by atoms with Crippen LogP contribution in [0.1, 0.15) is 45.4 Å². The Morgan fingerprint density at radius 3 is 2.37 bits per heavy atom. The first-order valence-electron chi connectivity index (χ1n) is 7.40. The summed E-state index contributed by atoms with van der Waals surface area (Å²) in [6.45, 7) is 2.65. The first kappa shape index (κ1) is 13.7. The molecule has 1 aliphatic heterocycles. The molecule has 0 radical (unpaired) electrons. The summed E-state index contributed by atoms with van der Waals surface area (Å²) in [6, 6.07) is 0. The lowest BCUT2D eigenvalue weighted by Crippen LogP contribution is -2.70. The van der Waals surface area contributed by atoms with Crippen molar-refractivity contribution in [1.82, 2.24) is 10.2 Å². The molecule has 1 unspecified atom stereocenters. The van der Waals surface area contributed by atoms with Crippen LogP contribution in [-0.2, 0) is 0 Å². The molecule has 0 bridgehead atoms. The fraction of sp³-hybridized carbons (Fsp3) is 1.00. The smallest absolute Gasteiger partial charge is 0.308 e. The number of nitrogens with one attached hydrogen (secondary N) is 1. The minimum absolute atomic E-state index is 0.112. The molecule has 5 heteroatoms. The predicted octanol–water partition coefficient (Wildman–Crippen LogP) is 2.94. The average molecular weight is 276 g/mol. The molecule has 2 aliphatic carbocycles. The summed E-state index contributed by atoms with van der Waals surface area (Å²) in [5, 5.41) is 3.60. The van der Waals surface area contributed by atoms with Crippen LogP contribution in [-0.4, -0.2) is 41.8 Å². The first-order chi connectivity index (χ1) is 8.83. The third kappa shape index (κ3) is 2.64. The monoisotopic (exact) mass is 276 g/mol. The Morgan fingerprint density at radius 2 is 1.84 bits per heavy atom. The maximum Gasteiger partial charge on any atom is 0.401 e. The van der Waals surface area contributed by atoms with Crippen LogP contribution >= 0.6 is 0 Å². The molecule has 110 valence electrons. The van der Waals surface area contributed by atoms with E-state index in [4.69, 9.17) is 0 Å². The Kier molecular flexibility index (Phi) is 3.13. The van der Waals surface area contributed by atoms with Gasteiger partial charge in [0.1, 0.15) is 0 Å². The van der Waals surface area contributed by atoms with Crippen molar-refractivity contribution in [3.05, 3.63) is 0 Å². The minimum atomic E-state index is -4.09. The van der Waals surface area contributed by atoms with Crippen molar-refractivity contribution in [1.29, 1.82) is 0 Å². The lowest BCUT2D eigenvalue weighted by Gasteiger charge is -2.53. The van der Waals surface area contributed by atoms with Crippen molar-refractivity contribution in [3.63, 3.8) is 0 Å². The molecule has 0 amide bonds. The summed E-state index contributed by atoms with van der Waals surface area (Å²) in [6.07, 6.45) is 2.20. The molecule has 3 fully saturated rings. The quantitative estimate of drug-likeness (QED) is 0.834. The van der Waals surface area contributed by atoms with Gasteiger partial charge in [-0.25, -0.2) is 0 Å². The molecule has 0 aromatic heterocycles. The van der Waals surface area contributed by atoms with E-state index in [9.17, 15) is 13.2 Å². The van der Waals surface area contributed by atoms with Crippen molar-refractivity contribution in [2.45, 2.75) is 62.7 Å². The Bertz CT molecular complexity index is 345. The van der Waals surface area contributed by atoms with Gasteiger partial charge in [0, 0.05) is 24.2 Å². The van der Waals surface area contributed by atoms with E-state index in [1.54, 1.807) is 4.90 Å². The van der Waals surface area contributed by atoms with Gasteiger partial charge in [0.2, 0.25) is 0 Å². The highest BCUT2D eigenvalue weighted by atomic mass is 19.4. The summed E-state index contributed by atoms with van der Waals surface area (Å²) in [7, 11) is 0. The molecule has 3 rings (SSSR count). The number of halogens is 3. The fourth-order valence-electron chi connectivity index (χ4n) is 4.06. The zero-order valence-electron chi connectivity index (χ0n) is 11.5. The largest absolute Gasteiger partial charge is 0.401 e. The van der Waals surface area contributed by atoms with Gasteiger partial charge in [-0.3, -0.25) is 4.90 Å². The zero-order chi connectivity index (χ0) is 13.7. The van der Waals surface area contributed by atoms with Crippen LogP contribution in [0.3, 0.4) is 0 Å². The van der Waals surface area contributed by atoms with Crippen LogP contribution in [0.4, 0.5) is 13.2 Å². The zero-order valence-corrected chi connectivity index (χ0v) is 11.5. The Morgan fingerprint density at radius 1 is 1.21 bits per heavy atom. The second-order valence-electron chi connectivity index (χ2n) is 6.95. The third-order valence-corrected chi connectivity index (χ3v) is 5.39. The summed E-state index contributed by atoms with van der Waals surface area (Å²) in [5.41, 5.74) is -0.344. The molecule has 1 saturated heterocycles. The Hall–Kier alpha value is -0.290. The van der Waals surface area contributed by atoms with Gasteiger partial charge >= 0.3 is 6.18 Å². The molecule has 0 aromatic rings. The maximum atomic E-state index is 12.9. The SMILES string of the molecule is CC1(C2CC2)CN(CC(F)(F)F)C2(CCCC2)CN1. The van der Waals surface area contributed by atoms with Gasteiger partial charge in [0.15, 0.2) is 0 Å². The standard InChI is InChI=1S/C14H23F3N2/c1-12(11-4-5-11)9-19(10-14(15,16)17)13(8-18-12)6-2-3-7-13/h11,18H,2-10H2,1H3. The van der Waals surface area contributed by atoms with E-state index in [1.807, 2.05) is 0 Å². The number of alkyl halides is 3. The highest BCUT2D eigenvalue weighted by molar-refractivity contribution is 5.10. The van der Waals surface area contributed by atoms with Gasteiger partial charge in [-0.2, -0.15) is 13.2 Å². The number of rotatable bonds is 2. The second-order valence-corrected chi connectivity index (χ2v) is 6.95. The van der Waals surface area contributed by atoms with E-state index in [1.165, 1.54) is 0 Å². The van der Waals surface area contributed by atoms with Crippen molar-refractivity contribution < 1.29 is 13.2 Å². The van der Waals surface area contributed by atoms with Gasteiger partial charge in [-0.05, 0) is 38.5 Å². The van der Waals surface area contributed by atoms with E-state index < -0.39 is 12.7 Å². The third-order valence-electron chi connectivity index (χ3n) is 5.39. The van der Waals surface area contributed by atoms with Gasteiger partial charge in [-0.1, -0.05) is 12.8 Å². The van der Waals surface area contributed by atoms with E-state index in [2.05, 4.69) is 12.2 Å². The normalized spacial score (nSPS) is 36.0. The number of piperazine rings is 1. The van der Waals surface area contributed by atoms with Crippen molar-refractivity contribution >= 4 is 0 Å². The molecule has 1 heterocycles. The lowest BCUT2D eigenvalue weighted by atomic mass is 9.83. The van der Waals surface area contributed by atoms with Crippen LogP contribution in [0.5, 0.6) is 0 Å². The predicted molar refractivity (Wildman–Crippen MR) is 68.0 cm³/mol. The Labute approximate surface area is 112 Å². The van der Waals surface area contributed by atoms with E-state index in [0.717, 1.165) is 45.1 Å². The highest BCUT2D eigenvalue weighted by Crippen LogP contribution is 2.46. The highest BCUT2D eigenvalue weighted by Gasteiger charge is 2.53. The molecule has 19 heavy (non-hydrogen) atoms. The molecule has 1 spiro atoms. The van der Waals surface area contributed by atoms with Crippen LogP contribution in [0.2, 0.25) is 0 Å². The average Bonchev–Trinajstić information content (AvgIpc) is 3.04.